The summed E-state index contributed by atoms with van der Waals surface area (Å²) in [4.78, 5) is 23.8. The van der Waals surface area contributed by atoms with Crippen LogP contribution in [-0.4, -0.2) is 17.0 Å². The molecule has 1 amide bonds. The van der Waals surface area contributed by atoms with E-state index in [1.165, 1.54) is 38.2 Å². The fraction of sp³-hybridized carbons (Fsp3) is 0.333. The molecule has 0 spiro atoms. The zero-order valence-electron chi connectivity index (χ0n) is 16.8. The van der Waals surface area contributed by atoms with E-state index in [0.29, 0.717) is 29.4 Å². The Morgan fingerprint density at radius 3 is 2.43 bits per heavy atom. The highest BCUT2D eigenvalue weighted by molar-refractivity contribution is 9.10. The minimum absolute atomic E-state index is 0.122. The SMILES string of the molecule is O=C(CCC1CCCCC1)NC(=Cc1ccc(Oc2ccccc2Br)cc1)C(=O)O. The summed E-state index contributed by atoms with van der Waals surface area (Å²) < 4.78 is 6.66. The van der Waals surface area contributed by atoms with Crippen LogP contribution in [0.25, 0.3) is 6.08 Å². The van der Waals surface area contributed by atoms with Gasteiger partial charge in [0.25, 0.3) is 0 Å². The molecule has 0 unspecified atom stereocenters. The van der Waals surface area contributed by atoms with E-state index in [9.17, 15) is 14.7 Å². The van der Waals surface area contributed by atoms with Crippen LogP contribution in [0.2, 0.25) is 0 Å². The van der Waals surface area contributed by atoms with E-state index < -0.39 is 5.97 Å². The molecule has 0 aliphatic heterocycles. The van der Waals surface area contributed by atoms with Gasteiger partial charge in [-0.15, -0.1) is 0 Å². The maximum Gasteiger partial charge on any atom is 0.352 e. The number of carboxylic acid groups (broad SMARTS) is 1. The summed E-state index contributed by atoms with van der Waals surface area (Å²) in [6.45, 7) is 0. The van der Waals surface area contributed by atoms with Gasteiger partial charge in [-0.1, -0.05) is 56.4 Å². The molecule has 2 N–H and O–H groups in total. The van der Waals surface area contributed by atoms with Crippen molar-refractivity contribution >= 4 is 33.9 Å². The lowest BCUT2D eigenvalue weighted by molar-refractivity contribution is -0.134. The highest BCUT2D eigenvalue weighted by Gasteiger charge is 2.17. The van der Waals surface area contributed by atoms with E-state index in [1.54, 1.807) is 24.3 Å². The molecule has 1 saturated carbocycles. The average Bonchev–Trinajstić information content (AvgIpc) is 2.75. The molecular formula is C24H26BrNO4. The number of rotatable bonds is 8. The largest absolute Gasteiger partial charge is 0.477 e. The van der Waals surface area contributed by atoms with Gasteiger partial charge in [0.1, 0.15) is 17.2 Å². The molecule has 0 atom stereocenters. The maximum atomic E-state index is 12.2. The Morgan fingerprint density at radius 2 is 1.77 bits per heavy atom. The van der Waals surface area contributed by atoms with Gasteiger partial charge >= 0.3 is 5.97 Å². The first kappa shape index (κ1) is 22.1. The summed E-state index contributed by atoms with van der Waals surface area (Å²) in [5.41, 5.74) is 0.544. The van der Waals surface area contributed by atoms with Crippen molar-refractivity contribution in [2.24, 2.45) is 5.92 Å². The van der Waals surface area contributed by atoms with E-state index in [2.05, 4.69) is 21.2 Å². The zero-order valence-corrected chi connectivity index (χ0v) is 18.4. The molecule has 0 radical (unpaired) electrons. The van der Waals surface area contributed by atoms with Crippen LogP contribution >= 0.6 is 15.9 Å². The quantitative estimate of drug-likeness (QED) is 0.453. The van der Waals surface area contributed by atoms with Crippen molar-refractivity contribution in [1.82, 2.24) is 5.32 Å². The molecule has 6 heteroatoms. The molecule has 1 aliphatic rings. The van der Waals surface area contributed by atoms with Gasteiger partial charge in [-0.3, -0.25) is 4.79 Å². The molecule has 3 rings (SSSR count). The Hall–Kier alpha value is -2.60. The number of aliphatic carboxylic acids is 1. The van der Waals surface area contributed by atoms with E-state index in [-0.39, 0.29) is 11.6 Å². The van der Waals surface area contributed by atoms with Crippen molar-refractivity contribution in [3.05, 3.63) is 64.3 Å². The lowest BCUT2D eigenvalue weighted by Crippen LogP contribution is -2.27. The fourth-order valence-corrected chi connectivity index (χ4v) is 3.99. The van der Waals surface area contributed by atoms with Crippen molar-refractivity contribution in [2.45, 2.75) is 44.9 Å². The number of carbonyl (C=O) groups is 2. The highest BCUT2D eigenvalue weighted by Crippen LogP contribution is 2.29. The number of carboxylic acids is 1. The molecule has 0 bridgehead atoms. The standard InChI is InChI=1S/C24H26BrNO4/c25-20-8-4-5-9-22(20)30-19-13-10-18(11-14-19)16-21(24(28)29)26-23(27)15-12-17-6-2-1-3-7-17/h4-5,8-11,13-14,16-17H,1-3,6-7,12,15H2,(H,26,27)(H,28,29). The molecule has 0 saturated heterocycles. The van der Waals surface area contributed by atoms with Gasteiger partial charge in [0, 0.05) is 6.42 Å². The molecule has 2 aromatic rings. The van der Waals surface area contributed by atoms with E-state index >= 15 is 0 Å². The van der Waals surface area contributed by atoms with Crippen LogP contribution in [0, 0.1) is 5.92 Å². The van der Waals surface area contributed by atoms with Crippen LogP contribution in [0.3, 0.4) is 0 Å². The van der Waals surface area contributed by atoms with Crippen LogP contribution in [0.5, 0.6) is 11.5 Å². The Morgan fingerprint density at radius 1 is 1.07 bits per heavy atom. The normalized spacial score (nSPS) is 14.9. The third-order valence-electron chi connectivity index (χ3n) is 5.26. The summed E-state index contributed by atoms with van der Waals surface area (Å²) in [5, 5.41) is 12.0. The number of ether oxygens (including phenoxy) is 1. The third kappa shape index (κ3) is 6.73. The summed E-state index contributed by atoms with van der Waals surface area (Å²) in [6.07, 6.45) is 8.71. The van der Waals surface area contributed by atoms with E-state index in [0.717, 1.165) is 10.9 Å². The number of hydrogen-bond acceptors (Lipinski definition) is 3. The lowest BCUT2D eigenvalue weighted by Gasteiger charge is -2.21. The first-order valence-electron chi connectivity index (χ1n) is 10.3. The van der Waals surface area contributed by atoms with Crippen LogP contribution < -0.4 is 10.1 Å². The predicted octanol–water partition coefficient (Wildman–Crippen LogP) is 6.14. The van der Waals surface area contributed by atoms with Crippen molar-refractivity contribution < 1.29 is 19.4 Å². The zero-order chi connectivity index (χ0) is 21.3. The van der Waals surface area contributed by atoms with Gasteiger partial charge in [-0.2, -0.15) is 0 Å². The van der Waals surface area contributed by atoms with Crippen molar-refractivity contribution in [3.8, 4) is 11.5 Å². The molecule has 1 fully saturated rings. The van der Waals surface area contributed by atoms with Gasteiger partial charge in [-0.05, 0) is 64.2 Å². The number of carbonyl (C=O) groups excluding carboxylic acids is 1. The van der Waals surface area contributed by atoms with Gasteiger partial charge in [0.05, 0.1) is 4.47 Å². The van der Waals surface area contributed by atoms with Crippen molar-refractivity contribution in [2.75, 3.05) is 0 Å². The van der Waals surface area contributed by atoms with Gasteiger partial charge in [0.15, 0.2) is 0 Å². The second-order valence-electron chi connectivity index (χ2n) is 7.56. The number of halogens is 1. The van der Waals surface area contributed by atoms with Crippen LogP contribution in [0.15, 0.2) is 58.7 Å². The molecule has 0 aromatic heterocycles. The number of hydrogen-bond donors (Lipinski definition) is 2. The van der Waals surface area contributed by atoms with Gasteiger partial charge < -0.3 is 15.2 Å². The number of benzene rings is 2. The maximum absolute atomic E-state index is 12.2. The molecule has 30 heavy (non-hydrogen) atoms. The molecule has 158 valence electrons. The van der Waals surface area contributed by atoms with Crippen LogP contribution in [0.1, 0.15) is 50.5 Å². The minimum Gasteiger partial charge on any atom is -0.477 e. The topological polar surface area (TPSA) is 75.6 Å². The molecule has 1 aliphatic carbocycles. The second-order valence-corrected chi connectivity index (χ2v) is 8.41. The smallest absolute Gasteiger partial charge is 0.352 e. The Labute approximate surface area is 185 Å². The Kier molecular flexibility index (Phi) is 8.08. The molecular weight excluding hydrogens is 446 g/mol. The summed E-state index contributed by atoms with van der Waals surface area (Å²) in [6, 6.07) is 14.6. The average molecular weight is 472 g/mol. The van der Waals surface area contributed by atoms with Crippen molar-refractivity contribution in [3.63, 3.8) is 0 Å². The van der Waals surface area contributed by atoms with Crippen LogP contribution in [-0.2, 0) is 9.59 Å². The van der Waals surface area contributed by atoms with E-state index in [4.69, 9.17) is 4.74 Å². The Balaban J connectivity index is 1.59. The summed E-state index contributed by atoms with van der Waals surface area (Å²) in [5.74, 6) is 0.501. The number of amides is 1. The molecule has 5 nitrogen and oxygen atoms in total. The predicted molar refractivity (Wildman–Crippen MR) is 120 cm³/mol. The van der Waals surface area contributed by atoms with Gasteiger partial charge in [0.2, 0.25) is 5.91 Å². The third-order valence-corrected chi connectivity index (χ3v) is 5.92. The monoisotopic (exact) mass is 471 g/mol. The fourth-order valence-electron chi connectivity index (χ4n) is 3.63. The summed E-state index contributed by atoms with van der Waals surface area (Å²) >= 11 is 3.44. The Bertz CT molecular complexity index is 902. The first-order valence-corrected chi connectivity index (χ1v) is 11.1. The number of nitrogens with one attached hydrogen (secondary N) is 1. The van der Waals surface area contributed by atoms with Gasteiger partial charge in [-0.25, -0.2) is 4.79 Å². The van der Waals surface area contributed by atoms with Crippen molar-refractivity contribution in [1.29, 1.82) is 0 Å². The molecule has 0 heterocycles. The second kappa shape index (κ2) is 11.0. The highest BCUT2D eigenvalue weighted by atomic mass is 79.9. The first-order chi connectivity index (χ1) is 14.5. The molecule has 2 aromatic carbocycles. The minimum atomic E-state index is -1.16. The summed E-state index contributed by atoms with van der Waals surface area (Å²) in [7, 11) is 0. The lowest BCUT2D eigenvalue weighted by atomic mass is 9.86. The number of para-hydroxylation sites is 1. The van der Waals surface area contributed by atoms with Crippen LogP contribution in [0.4, 0.5) is 0 Å². The van der Waals surface area contributed by atoms with E-state index in [1.807, 2.05) is 24.3 Å².